The maximum atomic E-state index is 13.0. The molecule has 0 heterocycles. The summed E-state index contributed by atoms with van der Waals surface area (Å²) in [6, 6.07) is 12.1. The Morgan fingerprint density at radius 1 is 1.26 bits per heavy atom. The number of amides is 1. The quantitative estimate of drug-likeness (QED) is 0.829. The normalized spacial score (nSPS) is 10.7. The molecule has 0 aliphatic carbocycles. The van der Waals surface area contributed by atoms with Gasteiger partial charge in [-0.2, -0.15) is 0 Å². The van der Waals surface area contributed by atoms with Gasteiger partial charge in [0.25, 0.3) is 0 Å². The third-order valence-corrected chi connectivity index (χ3v) is 3.41. The molecule has 2 aromatic carbocycles. The van der Waals surface area contributed by atoms with E-state index in [0.29, 0.717) is 18.5 Å². The first kappa shape index (κ1) is 16.7. The molecule has 0 radical (unpaired) electrons. The van der Waals surface area contributed by atoms with Gasteiger partial charge in [-0.05, 0) is 48.7 Å². The van der Waals surface area contributed by atoms with Gasteiger partial charge in [0.2, 0.25) is 5.91 Å². The average molecular weight is 313 g/mol. The van der Waals surface area contributed by atoms with Crippen LogP contribution < -0.4 is 10.1 Å². The molecule has 23 heavy (non-hydrogen) atoms. The Labute approximate surface area is 135 Å². The van der Waals surface area contributed by atoms with E-state index in [1.807, 2.05) is 25.1 Å². The van der Waals surface area contributed by atoms with Crippen LogP contribution in [-0.2, 0) is 11.2 Å². The van der Waals surface area contributed by atoms with Crippen molar-refractivity contribution in [1.82, 2.24) is 5.32 Å². The standard InChI is InChI=1S/C19H20FNO2/c1-14-6-8-18(23-2)16(12-14)10-11-21-19(22)9-7-15-4-3-5-17(20)13-15/h3-9,12-13H,10-11H2,1-2H3,(H,21,22)/b9-7+. The van der Waals surface area contributed by atoms with Crippen molar-refractivity contribution in [3.8, 4) is 5.75 Å². The highest BCUT2D eigenvalue weighted by atomic mass is 19.1. The lowest BCUT2D eigenvalue weighted by Crippen LogP contribution is -2.23. The summed E-state index contributed by atoms with van der Waals surface area (Å²) in [6.45, 7) is 2.52. The molecule has 0 aliphatic rings. The molecule has 0 aliphatic heterocycles. The van der Waals surface area contributed by atoms with Gasteiger partial charge in [-0.25, -0.2) is 4.39 Å². The number of hydrogen-bond donors (Lipinski definition) is 1. The number of hydrogen-bond acceptors (Lipinski definition) is 2. The summed E-state index contributed by atoms with van der Waals surface area (Å²) in [6.07, 6.45) is 3.68. The molecule has 1 amide bonds. The van der Waals surface area contributed by atoms with Gasteiger partial charge in [-0.3, -0.25) is 4.79 Å². The first-order chi connectivity index (χ1) is 11.1. The summed E-state index contributed by atoms with van der Waals surface area (Å²) in [5.74, 6) is 0.292. The average Bonchev–Trinajstić information content (AvgIpc) is 2.53. The molecule has 2 aromatic rings. The van der Waals surface area contributed by atoms with E-state index < -0.39 is 0 Å². The van der Waals surface area contributed by atoms with E-state index in [9.17, 15) is 9.18 Å². The molecule has 0 saturated carbocycles. The fourth-order valence-electron chi connectivity index (χ4n) is 2.26. The van der Waals surface area contributed by atoms with Crippen molar-refractivity contribution >= 4 is 12.0 Å². The molecular weight excluding hydrogens is 293 g/mol. The van der Waals surface area contributed by atoms with E-state index in [0.717, 1.165) is 16.9 Å². The van der Waals surface area contributed by atoms with Crippen molar-refractivity contribution in [2.75, 3.05) is 13.7 Å². The maximum Gasteiger partial charge on any atom is 0.244 e. The zero-order chi connectivity index (χ0) is 16.7. The minimum Gasteiger partial charge on any atom is -0.496 e. The molecule has 120 valence electrons. The van der Waals surface area contributed by atoms with Crippen LogP contribution in [0.4, 0.5) is 4.39 Å². The predicted molar refractivity (Wildman–Crippen MR) is 89.9 cm³/mol. The number of halogens is 1. The van der Waals surface area contributed by atoms with E-state index in [1.54, 1.807) is 25.3 Å². The molecule has 0 saturated heterocycles. The molecule has 2 rings (SSSR count). The van der Waals surface area contributed by atoms with Crippen LogP contribution in [0.3, 0.4) is 0 Å². The number of carbonyl (C=O) groups is 1. The molecule has 0 aromatic heterocycles. The Bertz CT molecular complexity index is 710. The highest BCUT2D eigenvalue weighted by Gasteiger charge is 2.04. The van der Waals surface area contributed by atoms with Crippen LogP contribution in [0.5, 0.6) is 5.75 Å². The van der Waals surface area contributed by atoms with E-state index in [2.05, 4.69) is 5.32 Å². The zero-order valence-corrected chi connectivity index (χ0v) is 13.3. The highest BCUT2D eigenvalue weighted by Crippen LogP contribution is 2.19. The summed E-state index contributed by atoms with van der Waals surface area (Å²) in [5, 5.41) is 2.81. The minimum absolute atomic E-state index is 0.208. The zero-order valence-electron chi connectivity index (χ0n) is 13.3. The second-order valence-electron chi connectivity index (χ2n) is 5.24. The third kappa shape index (κ3) is 5.25. The van der Waals surface area contributed by atoms with Gasteiger partial charge in [-0.1, -0.05) is 29.8 Å². The van der Waals surface area contributed by atoms with Crippen LogP contribution >= 0.6 is 0 Å². The van der Waals surface area contributed by atoms with Crippen LogP contribution in [0.1, 0.15) is 16.7 Å². The summed E-state index contributed by atoms with van der Waals surface area (Å²) in [4.78, 5) is 11.8. The van der Waals surface area contributed by atoms with Crippen molar-refractivity contribution in [3.05, 3.63) is 71.0 Å². The van der Waals surface area contributed by atoms with Gasteiger partial charge in [0.1, 0.15) is 11.6 Å². The van der Waals surface area contributed by atoms with Crippen molar-refractivity contribution < 1.29 is 13.9 Å². The van der Waals surface area contributed by atoms with Gasteiger partial charge in [0, 0.05) is 12.6 Å². The summed E-state index contributed by atoms with van der Waals surface area (Å²) < 4.78 is 18.4. The van der Waals surface area contributed by atoms with Crippen molar-refractivity contribution in [2.24, 2.45) is 0 Å². The summed E-state index contributed by atoms with van der Waals surface area (Å²) >= 11 is 0. The number of methoxy groups -OCH3 is 1. The topological polar surface area (TPSA) is 38.3 Å². The molecular formula is C19H20FNO2. The van der Waals surface area contributed by atoms with E-state index in [4.69, 9.17) is 4.74 Å². The predicted octanol–water partition coefficient (Wildman–Crippen LogP) is 3.51. The van der Waals surface area contributed by atoms with Gasteiger partial charge < -0.3 is 10.1 Å². The SMILES string of the molecule is COc1ccc(C)cc1CCNC(=O)/C=C/c1cccc(F)c1. The number of nitrogens with one attached hydrogen (secondary N) is 1. The van der Waals surface area contributed by atoms with Gasteiger partial charge in [0.15, 0.2) is 0 Å². The molecule has 3 nitrogen and oxygen atoms in total. The van der Waals surface area contributed by atoms with Crippen LogP contribution in [-0.4, -0.2) is 19.6 Å². The van der Waals surface area contributed by atoms with Crippen LogP contribution in [0.2, 0.25) is 0 Å². The smallest absolute Gasteiger partial charge is 0.244 e. The molecule has 0 atom stereocenters. The Morgan fingerprint density at radius 2 is 2.09 bits per heavy atom. The van der Waals surface area contributed by atoms with E-state index in [1.165, 1.54) is 18.2 Å². The molecule has 0 bridgehead atoms. The fraction of sp³-hybridized carbons (Fsp3) is 0.211. The monoisotopic (exact) mass is 313 g/mol. The van der Waals surface area contributed by atoms with Gasteiger partial charge in [-0.15, -0.1) is 0 Å². The maximum absolute atomic E-state index is 13.0. The summed E-state index contributed by atoms with van der Waals surface area (Å²) in [7, 11) is 1.63. The van der Waals surface area contributed by atoms with Gasteiger partial charge >= 0.3 is 0 Å². The number of carbonyl (C=O) groups excluding carboxylic acids is 1. The Balaban J connectivity index is 1.86. The lowest BCUT2D eigenvalue weighted by Gasteiger charge is -2.09. The third-order valence-electron chi connectivity index (χ3n) is 3.41. The number of benzene rings is 2. The van der Waals surface area contributed by atoms with Crippen molar-refractivity contribution in [1.29, 1.82) is 0 Å². The second kappa shape index (κ2) is 8.13. The second-order valence-corrected chi connectivity index (χ2v) is 5.24. The van der Waals surface area contributed by atoms with E-state index >= 15 is 0 Å². The molecule has 0 fully saturated rings. The van der Waals surface area contributed by atoms with Crippen molar-refractivity contribution in [3.63, 3.8) is 0 Å². The first-order valence-electron chi connectivity index (χ1n) is 7.43. The minimum atomic E-state index is -0.320. The number of rotatable bonds is 6. The molecule has 0 unspecified atom stereocenters. The molecule has 1 N–H and O–H groups in total. The summed E-state index contributed by atoms with van der Waals surface area (Å²) in [5.41, 5.74) is 2.86. The Kier molecular flexibility index (Phi) is 5.92. The molecule has 4 heteroatoms. The molecule has 0 spiro atoms. The highest BCUT2D eigenvalue weighted by molar-refractivity contribution is 5.91. The Hall–Kier alpha value is -2.62. The lowest BCUT2D eigenvalue weighted by molar-refractivity contribution is -0.116. The van der Waals surface area contributed by atoms with E-state index in [-0.39, 0.29) is 11.7 Å². The van der Waals surface area contributed by atoms with Crippen LogP contribution in [0, 0.1) is 12.7 Å². The first-order valence-corrected chi connectivity index (χ1v) is 7.43. The number of ether oxygens (including phenoxy) is 1. The largest absolute Gasteiger partial charge is 0.496 e. The van der Waals surface area contributed by atoms with Crippen LogP contribution in [0.15, 0.2) is 48.5 Å². The van der Waals surface area contributed by atoms with Gasteiger partial charge in [0.05, 0.1) is 7.11 Å². The van der Waals surface area contributed by atoms with Crippen molar-refractivity contribution in [2.45, 2.75) is 13.3 Å². The lowest BCUT2D eigenvalue weighted by atomic mass is 10.1. The fourth-order valence-corrected chi connectivity index (χ4v) is 2.26. The van der Waals surface area contributed by atoms with Crippen LogP contribution in [0.25, 0.3) is 6.08 Å². The number of aryl methyl sites for hydroxylation is 1. The Morgan fingerprint density at radius 3 is 2.83 bits per heavy atom.